The number of amides is 1. The predicted octanol–water partition coefficient (Wildman–Crippen LogP) is -0.388. The molecule has 4 heavy (non-hydrogen) atoms. The van der Waals surface area contributed by atoms with E-state index in [-0.39, 0.29) is 0 Å². The summed E-state index contributed by atoms with van der Waals surface area (Å²) in [5.74, 6) is 0. The van der Waals surface area contributed by atoms with Crippen LogP contribution < -0.4 is 5.73 Å². The van der Waals surface area contributed by atoms with Crippen molar-refractivity contribution in [3.63, 3.8) is 0 Å². The van der Waals surface area contributed by atoms with Gasteiger partial charge in [-0.15, -0.1) is 0 Å². The molecule has 2 N–H and O–H groups in total. The molecule has 0 aliphatic carbocycles. The van der Waals surface area contributed by atoms with Crippen molar-refractivity contribution in [1.29, 1.82) is 0 Å². The van der Waals surface area contributed by atoms with Crippen LogP contribution >= 0.6 is 0 Å². The Morgan fingerprint density at radius 1 is 2.00 bits per heavy atom. The van der Waals surface area contributed by atoms with E-state index in [0.29, 0.717) is 0 Å². The Bertz CT molecular complexity index is 31.0. The first-order valence-corrected chi connectivity index (χ1v) is 1.22. The Morgan fingerprint density at radius 2 is 2.00 bits per heavy atom. The van der Waals surface area contributed by atoms with Crippen LogP contribution in [-0.2, 0) is 16.0 Å². The summed E-state index contributed by atoms with van der Waals surface area (Å²) in [6, 6.07) is 0. The van der Waals surface area contributed by atoms with Gasteiger partial charge in [-0.3, -0.25) is 0 Å². The third-order valence-electron chi connectivity index (χ3n) is 0. The van der Waals surface area contributed by atoms with Crippen molar-refractivity contribution in [3.8, 4) is 0 Å². The van der Waals surface area contributed by atoms with Crippen molar-refractivity contribution in [1.82, 2.24) is 0 Å². The Balaban J connectivity index is 2.80. The molecule has 0 saturated heterocycles. The fourth-order valence-corrected chi connectivity index (χ4v) is 0. The SMILES string of the molecule is N[C](=O)[Fe]. The molecule has 0 fully saturated rings. The summed E-state index contributed by atoms with van der Waals surface area (Å²) in [4.78, 5) is 8.53. The monoisotopic (exact) mass is 99.9 g/mol. The summed E-state index contributed by atoms with van der Waals surface area (Å²) < 4.78 is 0. The zero-order valence-electron chi connectivity index (χ0n) is 1.84. The average Bonchev–Trinajstić information content (AvgIpc) is 0.811. The number of primary amides is 1. The fourth-order valence-electron chi connectivity index (χ4n) is 0. The summed E-state index contributed by atoms with van der Waals surface area (Å²) in [6.07, 6.45) is 0. The van der Waals surface area contributed by atoms with Crippen molar-refractivity contribution in [2.75, 3.05) is 0 Å². The molecule has 0 radical (unpaired) electrons. The molecule has 0 aromatic heterocycles. The van der Waals surface area contributed by atoms with Gasteiger partial charge in [-0.2, -0.15) is 0 Å². The van der Waals surface area contributed by atoms with Gasteiger partial charge in [0.25, 0.3) is 0 Å². The molecule has 0 atom stereocenters. The quantitative estimate of drug-likeness (QED) is 0.414. The van der Waals surface area contributed by atoms with Gasteiger partial charge in [0, 0.05) is 0 Å². The van der Waals surface area contributed by atoms with Crippen molar-refractivity contribution in [2.24, 2.45) is 5.73 Å². The summed E-state index contributed by atoms with van der Waals surface area (Å²) in [7, 11) is 0. The van der Waals surface area contributed by atoms with Gasteiger partial charge in [0.15, 0.2) is 0 Å². The van der Waals surface area contributed by atoms with Gasteiger partial charge in [-0.25, -0.2) is 0 Å². The topological polar surface area (TPSA) is 43.1 Å². The van der Waals surface area contributed by atoms with Crippen LogP contribution in [0, 0.1) is 0 Å². The Kier molecular flexibility index (Phi) is 1.32. The van der Waals surface area contributed by atoms with Crippen molar-refractivity contribution in [3.05, 3.63) is 0 Å². The van der Waals surface area contributed by atoms with E-state index < -0.39 is 4.81 Å². The van der Waals surface area contributed by atoms with Crippen LogP contribution in [0.15, 0.2) is 0 Å². The summed E-state index contributed by atoms with van der Waals surface area (Å²) in [5, 5.41) is 0. The van der Waals surface area contributed by atoms with Gasteiger partial charge in [0.05, 0.1) is 0 Å². The van der Waals surface area contributed by atoms with Gasteiger partial charge in [0.1, 0.15) is 0 Å². The molecule has 0 unspecified atom stereocenters. The zero-order valence-corrected chi connectivity index (χ0v) is 2.94. The van der Waals surface area contributed by atoms with E-state index in [0.717, 1.165) is 0 Å². The second-order valence-electron chi connectivity index (χ2n) is 0.292. The van der Waals surface area contributed by atoms with Gasteiger partial charge < -0.3 is 0 Å². The van der Waals surface area contributed by atoms with E-state index in [1.54, 1.807) is 0 Å². The van der Waals surface area contributed by atoms with E-state index in [1.165, 1.54) is 0 Å². The van der Waals surface area contributed by atoms with Crippen LogP contribution in [0.5, 0.6) is 0 Å². The van der Waals surface area contributed by atoms with Crippen LogP contribution in [0.1, 0.15) is 0 Å². The maximum atomic E-state index is 9.11. The van der Waals surface area contributed by atoms with Crippen LogP contribution in [-0.4, -0.2) is 4.81 Å². The molecule has 0 saturated carbocycles. The number of hydrogen-bond acceptors (Lipinski definition) is 1. The van der Waals surface area contributed by atoms with E-state index in [1.807, 2.05) is 0 Å². The van der Waals surface area contributed by atoms with E-state index >= 15 is 0 Å². The number of hydrogen-bond donors (Lipinski definition) is 1. The second kappa shape index (κ2) is 1.32. The second-order valence-corrected chi connectivity index (χ2v) is 0.836. The average molecular weight is 99.9 g/mol. The van der Waals surface area contributed by atoms with Crippen LogP contribution in [0.2, 0.25) is 0 Å². The summed E-state index contributed by atoms with van der Waals surface area (Å²) in [6.45, 7) is 0. The van der Waals surface area contributed by atoms with Gasteiger partial charge in [0.2, 0.25) is 0 Å². The molecule has 2 nitrogen and oxygen atoms in total. The Hall–Kier alpha value is -0.0105. The first-order chi connectivity index (χ1) is 1.73. The van der Waals surface area contributed by atoms with Crippen LogP contribution in [0.4, 0.5) is 4.79 Å². The number of rotatable bonds is 0. The molecule has 0 rings (SSSR count). The van der Waals surface area contributed by atoms with Crippen LogP contribution in [0.25, 0.3) is 0 Å². The molecule has 0 aliphatic heterocycles. The number of nitrogens with two attached hydrogens (primary N) is 1. The predicted molar refractivity (Wildman–Crippen MR) is 9.58 cm³/mol. The van der Waals surface area contributed by atoms with Crippen molar-refractivity contribution < 1.29 is 20.8 Å². The molecule has 1 amide bonds. The first kappa shape index (κ1) is 3.99. The van der Waals surface area contributed by atoms with Gasteiger partial charge in [-0.05, 0) is 0 Å². The van der Waals surface area contributed by atoms with Crippen molar-refractivity contribution in [2.45, 2.75) is 0 Å². The minimum atomic E-state index is -0.583. The molecule has 0 heterocycles. The first-order valence-electron chi connectivity index (χ1n) is 0.670. The van der Waals surface area contributed by atoms with Gasteiger partial charge in [-0.1, -0.05) is 0 Å². The molecular weight excluding hydrogens is 97.9 g/mol. The number of carbonyl (C=O) groups excluding carboxylic acids is 1. The van der Waals surface area contributed by atoms with Gasteiger partial charge >= 0.3 is 31.3 Å². The fraction of sp³-hybridized carbons (Fsp3) is 0. The molecule has 0 aromatic carbocycles. The molecule has 0 aromatic rings. The third-order valence-corrected chi connectivity index (χ3v) is 0. The van der Waals surface area contributed by atoms with E-state index in [9.17, 15) is 0 Å². The van der Waals surface area contributed by atoms with E-state index in [2.05, 4.69) is 21.7 Å². The summed E-state index contributed by atoms with van der Waals surface area (Å²) >= 11 is 2.78. The van der Waals surface area contributed by atoms with Crippen LogP contribution in [0.3, 0.4) is 0 Å². The number of carbonyl (C=O) groups is 1. The molecular formula is CH2FeNO. The Morgan fingerprint density at radius 3 is 2.00 bits per heavy atom. The zero-order chi connectivity index (χ0) is 3.58. The molecule has 0 bridgehead atoms. The molecule has 0 aliphatic rings. The molecule has 0 spiro atoms. The third kappa shape index (κ3) is 17600. The standard InChI is InChI=1S/CH2NO.Fe/c2-1-3;/h(H2,2,3);. The maximum absolute atomic E-state index is 9.11. The molecule has 3 heteroatoms. The minimum absolute atomic E-state index is 0.583. The van der Waals surface area contributed by atoms with E-state index in [4.69, 9.17) is 4.79 Å². The summed E-state index contributed by atoms with van der Waals surface area (Å²) in [5.41, 5.74) is 4.36. The Labute approximate surface area is 32.2 Å². The van der Waals surface area contributed by atoms with Crippen molar-refractivity contribution >= 4 is 4.81 Å². The molecule has 25 valence electrons. The normalized spacial score (nSPS) is 6.25.